The van der Waals surface area contributed by atoms with Crippen molar-refractivity contribution >= 4 is 23.4 Å². The van der Waals surface area contributed by atoms with Gasteiger partial charge in [-0.05, 0) is 29.8 Å². The number of fused-ring (bicyclic) bond motifs is 1. The van der Waals surface area contributed by atoms with Crippen molar-refractivity contribution in [2.75, 3.05) is 6.79 Å². The monoisotopic (exact) mass is 332 g/mol. The van der Waals surface area contributed by atoms with Crippen molar-refractivity contribution in [1.29, 1.82) is 0 Å². The maximum atomic E-state index is 12.2. The average Bonchev–Trinajstić information content (AvgIpc) is 3.02. The van der Waals surface area contributed by atoms with E-state index in [0.717, 1.165) is 5.56 Å². The van der Waals surface area contributed by atoms with Crippen LogP contribution in [0.3, 0.4) is 0 Å². The highest BCUT2D eigenvalue weighted by Crippen LogP contribution is 2.39. The van der Waals surface area contributed by atoms with E-state index in [1.165, 1.54) is 6.07 Å². The molecule has 118 valence electrons. The molecule has 3 rings (SSSR count). The lowest BCUT2D eigenvalue weighted by Gasteiger charge is -2.07. The van der Waals surface area contributed by atoms with Crippen LogP contribution in [0.4, 0.5) is 0 Å². The average molecular weight is 333 g/mol. The van der Waals surface area contributed by atoms with Gasteiger partial charge in [0, 0.05) is 17.7 Å². The molecule has 0 spiro atoms. The molecule has 1 aliphatic heterocycles. The number of nitrogens with two attached hydrogens (primary N) is 1. The van der Waals surface area contributed by atoms with E-state index in [-0.39, 0.29) is 12.7 Å². The molecule has 6 nitrogen and oxygen atoms in total. The van der Waals surface area contributed by atoms with Gasteiger partial charge in [-0.3, -0.25) is 9.59 Å². The van der Waals surface area contributed by atoms with Crippen molar-refractivity contribution < 1.29 is 19.1 Å². The second kappa shape index (κ2) is 6.18. The van der Waals surface area contributed by atoms with Crippen LogP contribution in [0.5, 0.6) is 11.5 Å². The van der Waals surface area contributed by atoms with Gasteiger partial charge < -0.3 is 20.5 Å². The van der Waals surface area contributed by atoms with Gasteiger partial charge in [0.2, 0.25) is 12.7 Å². The van der Waals surface area contributed by atoms with Gasteiger partial charge in [-0.2, -0.15) is 0 Å². The van der Waals surface area contributed by atoms with Crippen LogP contribution in [0.15, 0.2) is 36.4 Å². The molecule has 0 saturated carbocycles. The number of amides is 2. The Hall–Kier alpha value is -2.73. The van der Waals surface area contributed by atoms with Crippen LogP contribution < -0.4 is 20.5 Å². The first-order valence-electron chi connectivity index (χ1n) is 6.80. The summed E-state index contributed by atoms with van der Waals surface area (Å²) in [7, 11) is 0. The molecule has 7 heteroatoms. The normalized spacial score (nSPS) is 12.0. The summed E-state index contributed by atoms with van der Waals surface area (Å²) in [4.78, 5) is 23.2. The molecule has 1 aliphatic rings. The van der Waals surface area contributed by atoms with E-state index in [4.69, 9.17) is 26.8 Å². The summed E-state index contributed by atoms with van der Waals surface area (Å²) in [6.45, 7) is 0.399. The van der Waals surface area contributed by atoms with Gasteiger partial charge in [0.25, 0.3) is 5.91 Å². The summed E-state index contributed by atoms with van der Waals surface area (Å²) in [6, 6.07) is 9.79. The molecular weight excluding hydrogens is 320 g/mol. The summed E-state index contributed by atoms with van der Waals surface area (Å²) in [5.74, 6) is 0.124. The minimum atomic E-state index is -0.490. The van der Waals surface area contributed by atoms with E-state index in [0.29, 0.717) is 34.2 Å². The number of rotatable bonds is 4. The first-order valence-corrected chi connectivity index (χ1v) is 7.18. The Balaban J connectivity index is 1.68. The zero-order chi connectivity index (χ0) is 16.4. The number of ether oxygens (including phenoxy) is 2. The maximum absolute atomic E-state index is 12.2. The molecule has 3 N–H and O–H groups in total. The molecular formula is C16H13ClN2O4. The first kappa shape index (κ1) is 15.2. The third-order valence-electron chi connectivity index (χ3n) is 3.38. The van der Waals surface area contributed by atoms with Crippen molar-refractivity contribution in [2.45, 2.75) is 6.54 Å². The number of hydrogen-bond donors (Lipinski definition) is 2. The largest absolute Gasteiger partial charge is 0.454 e. The minimum absolute atomic E-state index is 0.0896. The van der Waals surface area contributed by atoms with Crippen LogP contribution in [0.1, 0.15) is 26.3 Å². The van der Waals surface area contributed by atoms with E-state index >= 15 is 0 Å². The van der Waals surface area contributed by atoms with E-state index in [1.54, 1.807) is 30.3 Å². The molecule has 0 aliphatic carbocycles. The highest BCUT2D eigenvalue weighted by molar-refractivity contribution is 6.32. The first-order chi connectivity index (χ1) is 11.0. The highest BCUT2D eigenvalue weighted by Gasteiger charge is 2.20. The molecule has 0 fully saturated rings. The molecule has 2 aromatic rings. The van der Waals surface area contributed by atoms with Crippen molar-refractivity contribution in [2.24, 2.45) is 5.73 Å². The Bertz CT molecular complexity index is 774. The van der Waals surface area contributed by atoms with Crippen LogP contribution in [0.25, 0.3) is 0 Å². The number of carbonyl (C=O) groups is 2. The van der Waals surface area contributed by atoms with Crippen LogP contribution >= 0.6 is 11.6 Å². The lowest BCUT2D eigenvalue weighted by Crippen LogP contribution is -2.22. The second-order valence-corrected chi connectivity index (χ2v) is 5.34. The number of carbonyl (C=O) groups excluding carboxylic acids is 2. The SMILES string of the molecule is NC(=O)c1ccc(CNC(=O)c2cc(Cl)c3c(c2)OCO3)cc1. The molecule has 0 saturated heterocycles. The van der Waals surface area contributed by atoms with E-state index < -0.39 is 5.91 Å². The number of nitrogens with one attached hydrogen (secondary N) is 1. The summed E-state index contributed by atoms with van der Waals surface area (Å²) in [6.07, 6.45) is 0. The topological polar surface area (TPSA) is 90.7 Å². The summed E-state index contributed by atoms with van der Waals surface area (Å²) >= 11 is 6.05. The van der Waals surface area contributed by atoms with E-state index in [1.807, 2.05) is 0 Å². The molecule has 2 amide bonds. The molecule has 0 aromatic heterocycles. The van der Waals surface area contributed by atoms with Crippen molar-refractivity contribution in [3.05, 3.63) is 58.1 Å². The Kier molecular flexibility index (Phi) is 4.08. The molecule has 0 bridgehead atoms. The lowest BCUT2D eigenvalue weighted by molar-refractivity contribution is 0.0949. The Morgan fingerprint density at radius 2 is 1.87 bits per heavy atom. The van der Waals surface area contributed by atoms with Gasteiger partial charge >= 0.3 is 0 Å². The van der Waals surface area contributed by atoms with Crippen molar-refractivity contribution in [1.82, 2.24) is 5.32 Å². The third kappa shape index (κ3) is 3.22. The zero-order valence-corrected chi connectivity index (χ0v) is 12.7. The van der Waals surface area contributed by atoms with E-state index in [2.05, 4.69) is 5.32 Å². The Morgan fingerprint density at radius 3 is 2.57 bits per heavy atom. The van der Waals surface area contributed by atoms with Crippen molar-refractivity contribution in [3.63, 3.8) is 0 Å². The summed E-state index contributed by atoms with van der Waals surface area (Å²) < 4.78 is 10.4. The predicted molar refractivity (Wildman–Crippen MR) is 83.7 cm³/mol. The van der Waals surface area contributed by atoms with E-state index in [9.17, 15) is 9.59 Å². The number of primary amides is 1. The smallest absolute Gasteiger partial charge is 0.251 e. The fourth-order valence-electron chi connectivity index (χ4n) is 2.17. The summed E-state index contributed by atoms with van der Waals surface area (Å²) in [5, 5.41) is 3.10. The Morgan fingerprint density at radius 1 is 1.13 bits per heavy atom. The molecule has 0 atom stereocenters. The molecule has 23 heavy (non-hydrogen) atoms. The minimum Gasteiger partial charge on any atom is -0.454 e. The van der Waals surface area contributed by atoms with Gasteiger partial charge in [-0.25, -0.2) is 0 Å². The van der Waals surface area contributed by atoms with Gasteiger partial charge in [-0.15, -0.1) is 0 Å². The quantitative estimate of drug-likeness (QED) is 0.897. The summed E-state index contributed by atoms with van der Waals surface area (Å²) in [5.41, 5.74) is 6.82. The molecule has 1 heterocycles. The molecule has 2 aromatic carbocycles. The van der Waals surface area contributed by atoms with Crippen LogP contribution in [-0.2, 0) is 6.54 Å². The van der Waals surface area contributed by atoms with Gasteiger partial charge in [-0.1, -0.05) is 23.7 Å². The highest BCUT2D eigenvalue weighted by atomic mass is 35.5. The van der Waals surface area contributed by atoms with Crippen LogP contribution in [0, 0.1) is 0 Å². The van der Waals surface area contributed by atoms with Gasteiger partial charge in [0.15, 0.2) is 11.5 Å². The van der Waals surface area contributed by atoms with Crippen LogP contribution in [0.2, 0.25) is 5.02 Å². The lowest BCUT2D eigenvalue weighted by atomic mass is 10.1. The zero-order valence-electron chi connectivity index (χ0n) is 12.0. The fourth-order valence-corrected chi connectivity index (χ4v) is 2.43. The Labute approximate surface area is 137 Å². The van der Waals surface area contributed by atoms with Gasteiger partial charge in [0.05, 0.1) is 5.02 Å². The number of halogens is 1. The second-order valence-electron chi connectivity index (χ2n) is 4.94. The molecule has 0 radical (unpaired) electrons. The number of hydrogen-bond acceptors (Lipinski definition) is 4. The predicted octanol–water partition coefficient (Wildman–Crippen LogP) is 2.10. The van der Waals surface area contributed by atoms with Crippen LogP contribution in [-0.4, -0.2) is 18.6 Å². The third-order valence-corrected chi connectivity index (χ3v) is 3.66. The fraction of sp³-hybridized carbons (Fsp3) is 0.125. The molecule has 0 unspecified atom stereocenters. The number of benzene rings is 2. The maximum Gasteiger partial charge on any atom is 0.251 e. The standard InChI is InChI=1S/C16H13ClN2O4/c17-12-5-11(6-13-14(12)23-8-22-13)16(21)19-7-9-1-3-10(4-2-9)15(18)20/h1-6H,7-8H2,(H2,18,20)(H,19,21). The van der Waals surface area contributed by atoms with Gasteiger partial charge in [0.1, 0.15) is 0 Å². The van der Waals surface area contributed by atoms with Crippen molar-refractivity contribution in [3.8, 4) is 11.5 Å².